The average molecular weight is 341 g/mol. The molecule has 1 unspecified atom stereocenters. The predicted octanol–water partition coefficient (Wildman–Crippen LogP) is 1.81. The first-order valence-corrected chi connectivity index (χ1v) is 7.30. The molecule has 0 radical (unpaired) electrons. The third kappa shape index (κ3) is 2.80. The fourth-order valence-corrected chi connectivity index (χ4v) is 2.70. The molecular formula is C14H17BrN2O3. The van der Waals surface area contributed by atoms with E-state index >= 15 is 0 Å². The van der Waals surface area contributed by atoms with Gasteiger partial charge in [-0.15, -0.1) is 0 Å². The van der Waals surface area contributed by atoms with E-state index in [4.69, 9.17) is 4.74 Å². The van der Waals surface area contributed by atoms with Crippen molar-refractivity contribution in [1.82, 2.24) is 10.2 Å². The summed E-state index contributed by atoms with van der Waals surface area (Å²) in [6.07, 6.45) is 0.594. The molecule has 1 aliphatic heterocycles. The molecule has 5 nitrogen and oxygen atoms in total. The summed E-state index contributed by atoms with van der Waals surface area (Å²) in [5, 5.41) is 2.79. The van der Waals surface area contributed by atoms with Crippen LogP contribution in [0.3, 0.4) is 0 Å². The number of amides is 2. The standard InChI is InChI=1S/C14H17BrN2O3/c1-3-11-13(18)16-6-7-17(11)14(19)10-5-4-9(15)8-12(10)20-2/h4-5,8,11H,3,6-7H2,1-2H3,(H,16,18). The lowest BCUT2D eigenvalue weighted by Gasteiger charge is -2.34. The zero-order valence-corrected chi connectivity index (χ0v) is 13.1. The Kier molecular flexibility index (Phi) is 4.65. The maximum atomic E-state index is 12.7. The van der Waals surface area contributed by atoms with Gasteiger partial charge in [-0.05, 0) is 24.6 Å². The second-order valence-corrected chi connectivity index (χ2v) is 5.47. The lowest BCUT2D eigenvalue weighted by Crippen LogP contribution is -2.56. The molecular weight excluding hydrogens is 324 g/mol. The van der Waals surface area contributed by atoms with E-state index in [9.17, 15) is 9.59 Å². The Morgan fingerprint density at radius 3 is 2.95 bits per heavy atom. The van der Waals surface area contributed by atoms with Crippen LogP contribution < -0.4 is 10.1 Å². The van der Waals surface area contributed by atoms with Crippen molar-refractivity contribution in [3.05, 3.63) is 28.2 Å². The van der Waals surface area contributed by atoms with Gasteiger partial charge in [0.15, 0.2) is 0 Å². The van der Waals surface area contributed by atoms with E-state index in [-0.39, 0.29) is 11.8 Å². The molecule has 0 saturated carbocycles. The highest BCUT2D eigenvalue weighted by molar-refractivity contribution is 9.10. The largest absolute Gasteiger partial charge is 0.496 e. The molecule has 0 aliphatic carbocycles. The number of ether oxygens (including phenoxy) is 1. The number of hydrogen-bond donors (Lipinski definition) is 1. The monoisotopic (exact) mass is 340 g/mol. The quantitative estimate of drug-likeness (QED) is 0.912. The van der Waals surface area contributed by atoms with E-state index in [0.29, 0.717) is 30.8 Å². The van der Waals surface area contributed by atoms with Crippen molar-refractivity contribution in [2.75, 3.05) is 20.2 Å². The molecule has 1 atom stereocenters. The zero-order valence-electron chi connectivity index (χ0n) is 11.5. The van der Waals surface area contributed by atoms with Gasteiger partial charge in [0.25, 0.3) is 5.91 Å². The van der Waals surface area contributed by atoms with Gasteiger partial charge in [0.2, 0.25) is 5.91 Å². The van der Waals surface area contributed by atoms with E-state index in [1.54, 1.807) is 23.1 Å². The molecule has 2 rings (SSSR count). The van der Waals surface area contributed by atoms with Crippen LogP contribution in [-0.2, 0) is 4.79 Å². The summed E-state index contributed by atoms with van der Waals surface area (Å²) in [6, 6.07) is 4.84. The van der Waals surface area contributed by atoms with Crippen LogP contribution >= 0.6 is 15.9 Å². The highest BCUT2D eigenvalue weighted by atomic mass is 79.9. The number of rotatable bonds is 3. The van der Waals surface area contributed by atoms with Crippen LogP contribution in [0.2, 0.25) is 0 Å². The van der Waals surface area contributed by atoms with Gasteiger partial charge in [-0.2, -0.15) is 0 Å². The lowest BCUT2D eigenvalue weighted by molar-refractivity contribution is -0.127. The van der Waals surface area contributed by atoms with Crippen molar-refractivity contribution in [1.29, 1.82) is 0 Å². The summed E-state index contributed by atoms with van der Waals surface area (Å²) in [7, 11) is 1.53. The summed E-state index contributed by atoms with van der Waals surface area (Å²) >= 11 is 3.35. The molecule has 1 aromatic rings. The summed E-state index contributed by atoms with van der Waals surface area (Å²) in [4.78, 5) is 26.1. The number of nitrogens with one attached hydrogen (secondary N) is 1. The highest BCUT2D eigenvalue weighted by Gasteiger charge is 2.33. The van der Waals surface area contributed by atoms with E-state index in [2.05, 4.69) is 21.2 Å². The van der Waals surface area contributed by atoms with Gasteiger partial charge >= 0.3 is 0 Å². The average Bonchev–Trinajstić information content (AvgIpc) is 2.46. The Labute approximate surface area is 126 Å². The minimum atomic E-state index is -0.412. The topological polar surface area (TPSA) is 58.6 Å². The second-order valence-electron chi connectivity index (χ2n) is 4.56. The molecule has 6 heteroatoms. The van der Waals surface area contributed by atoms with Crippen molar-refractivity contribution in [3.8, 4) is 5.75 Å². The molecule has 0 bridgehead atoms. The Morgan fingerprint density at radius 2 is 2.30 bits per heavy atom. The van der Waals surface area contributed by atoms with Crippen LogP contribution in [-0.4, -0.2) is 43.0 Å². The number of methoxy groups -OCH3 is 1. The number of nitrogens with zero attached hydrogens (tertiary/aromatic N) is 1. The number of carbonyl (C=O) groups is 2. The molecule has 1 heterocycles. The van der Waals surface area contributed by atoms with E-state index in [1.165, 1.54) is 7.11 Å². The normalized spacial score (nSPS) is 18.6. The first kappa shape index (κ1) is 14.8. The summed E-state index contributed by atoms with van der Waals surface area (Å²) in [5.74, 6) is 0.240. The Hall–Kier alpha value is -1.56. The van der Waals surface area contributed by atoms with Crippen LogP contribution in [0.5, 0.6) is 5.75 Å². The number of piperazine rings is 1. The van der Waals surface area contributed by atoms with Gasteiger partial charge in [-0.1, -0.05) is 22.9 Å². The van der Waals surface area contributed by atoms with E-state index in [0.717, 1.165) is 4.47 Å². The van der Waals surface area contributed by atoms with Crippen molar-refractivity contribution in [3.63, 3.8) is 0 Å². The molecule has 1 saturated heterocycles. The highest BCUT2D eigenvalue weighted by Crippen LogP contribution is 2.26. The maximum absolute atomic E-state index is 12.7. The molecule has 2 amide bonds. The van der Waals surface area contributed by atoms with Gasteiger partial charge in [0.05, 0.1) is 12.7 Å². The molecule has 0 spiro atoms. The fourth-order valence-electron chi connectivity index (χ4n) is 2.36. The van der Waals surface area contributed by atoms with Gasteiger partial charge < -0.3 is 15.0 Å². The third-order valence-electron chi connectivity index (χ3n) is 3.37. The van der Waals surface area contributed by atoms with E-state index in [1.807, 2.05) is 6.92 Å². The van der Waals surface area contributed by atoms with Crippen LogP contribution in [0, 0.1) is 0 Å². The summed E-state index contributed by atoms with van der Waals surface area (Å²) < 4.78 is 6.10. The van der Waals surface area contributed by atoms with Gasteiger partial charge in [0, 0.05) is 17.6 Å². The molecule has 0 aromatic heterocycles. The second kappa shape index (κ2) is 6.26. The maximum Gasteiger partial charge on any atom is 0.258 e. The van der Waals surface area contributed by atoms with E-state index < -0.39 is 6.04 Å². The Bertz CT molecular complexity index is 533. The van der Waals surface area contributed by atoms with Gasteiger partial charge in [-0.25, -0.2) is 0 Å². The van der Waals surface area contributed by atoms with Crippen LogP contribution in [0.1, 0.15) is 23.7 Å². The minimum Gasteiger partial charge on any atom is -0.496 e. The van der Waals surface area contributed by atoms with Crippen molar-refractivity contribution in [2.24, 2.45) is 0 Å². The van der Waals surface area contributed by atoms with Gasteiger partial charge in [0.1, 0.15) is 11.8 Å². The first-order chi connectivity index (χ1) is 9.58. The van der Waals surface area contributed by atoms with Gasteiger partial charge in [-0.3, -0.25) is 9.59 Å². The Morgan fingerprint density at radius 1 is 1.55 bits per heavy atom. The zero-order chi connectivity index (χ0) is 14.7. The molecule has 1 aliphatic rings. The molecule has 1 fully saturated rings. The van der Waals surface area contributed by atoms with Crippen molar-refractivity contribution in [2.45, 2.75) is 19.4 Å². The molecule has 108 valence electrons. The number of benzene rings is 1. The minimum absolute atomic E-state index is 0.0943. The predicted molar refractivity (Wildman–Crippen MR) is 78.8 cm³/mol. The molecule has 1 N–H and O–H groups in total. The lowest BCUT2D eigenvalue weighted by atomic mass is 10.1. The SMILES string of the molecule is CCC1C(=O)NCCN1C(=O)c1ccc(Br)cc1OC. The van der Waals surface area contributed by atoms with Crippen LogP contribution in [0.15, 0.2) is 22.7 Å². The smallest absolute Gasteiger partial charge is 0.258 e. The van der Waals surface area contributed by atoms with Crippen LogP contribution in [0.4, 0.5) is 0 Å². The fraction of sp³-hybridized carbons (Fsp3) is 0.429. The third-order valence-corrected chi connectivity index (χ3v) is 3.87. The van der Waals surface area contributed by atoms with Crippen molar-refractivity contribution >= 4 is 27.7 Å². The van der Waals surface area contributed by atoms with Crippen LogP contribution in [0.25, 0.3) is 0 Å². The summed E-state index contributed by atoms with van der Waals surface area (Å²) in [5.41, 5.74) is 0.476. The number of carbonyl (C=O) groups excluding carboxylic acids is 2. The Balaban J connectivity index is 2.32. The number of hydrogen-bond acceptors (Lipinski definition) is 3. The number of halogens is 1. The van der Waals surface area contributed by atoms with Crippen molar-refractivity contribution < 1.29 is 14.3 Å². The summed E-state index contributed by atoms with van der Waals surface area (Å²) in [6.45, 7) is 2.90. The molecule has 20 heavy (non-hydrogen) atoms. The first-order valence-electron chi connectivity index (χ1n) is 6.50. The molecule has 1 aromatic carbocycles.